The number of ether oxygens (including phenoxy) is 1. The number of aromatic nitrogens is 1. The quantitative estimate of drug-likeness (QED) is 0.672. The molecule has 28 heavy (non-hydrogen) atoms. The predicted octanol–water partition coefficient (Wildman–Crippen LogP) is 1.64. The number of aliphatic hydroxyl groups is 1. The van der Waals surface area contributed by atoms with Crippen molar-refractivity contribution in [3.05, 3.63) is 47.4 Å². The van der Waals surface area contributed by atoms with Gasteiger partial charge in [0.05, 0.1) is 5.69 Å². The van der Waals surface area contributed by atoms with Gasteiger partial charge in [0, 0.05) is 17.7 Å². The van der Waals surface area contributed by atoms with Crippen molar-refractivity contribution in [3.8, 4) is 17.0 Å². The molecular weight excluding hydrogens is 389 g/mol. The van der Waals surface area contributed by atoms with Gasteiger partial charge in [-0.15, -0.1) is 0 Å². The Kier molecular flexibility index (Phi) is 4.55. The highest BCUT2D eigenvalue weighted by Crippen LogP contribution is 2.48. The van der Waals surface area contributed by atoms with E-state index in [-0.39, 0.29) is 17.0 Å². The first-order valence-corrected chi connectivity index (χ1v) is 7.87. The predicted molar refractivity (Wildman–Crippen MR) is 86.1 cm³/mol. The minimum Gasteiger partial charge on any atom is -0.487 e. The van der Waals surface area contributed by atoms with Gasteiger partial charge in [0.1, 0.15) is 18.1 Å². The van der Waals surface area contributed by atoms with Crippen LogP contribution < -0.4 is 16.2 Å². The molecule has 0 spiro atoms. The topological polar surface area (TPSA) is 111 Å². The summed E-state index contributed by atoms with van der Waals surface area (Å²) in [5.74, 6) is -2.46. The number of amides is 1. The molecule has 11 heteroatoms. The maximum atomic E-state index is 15.1. The molecule has 0 fully saturated rings. The molecule has 0 saturated heterocycles. The van der Waals surface area contributed by atoms with E-state index in [0.717, 1.165) is 12.1 Å². The maximum Gasteiger partial charge on any atom is 0.424 e. The van der Waals surface area contributed by atoms with Gasteiger partial charge in [-0.2, -0.15) is 13.2 Å². The number of fused-ring (bicyclic) bond motifs is 1. The van der Waals surface area contributed by atoms with Gasteiger partial charge in [-0.25, -0.2) is 13.8 Å². The molecule has 2 aromatic rings. The van der Waals surface area contributed by atoms with Crippen LogP contribution >= 0.6 is 0 Å². The smallest absolute Gasteiger partial charge is 0.424 e. The lowest BCUT2D eigenvalue weighted by Gasteiger charge is -2.29. The molecule has 2 heterocycles. The third-order valence-electron chi connectivity index (χ3n) is 4.51. The molecule has 1 amide bonds. The highest BCUT2D eigenvalue weighted by atomic mass is 19.4. The number of carbonyl (C=O) groups excluding carboxylic acids is 1. The molecule has 2 unspecified atom stereocenters. The van der Waals surface area contributed by atoms with Crippen LogP contribution in [0.25, 0.3) is 11.3 Å². The molecule has 0 radical (unpaired) electrons. The minimum atomic E-state index is -5.26. The van der Waals surface area contributed by atoms with Crippen molar-refractivity contribution in [2.24, 2.45) is 11.5 Å². The lowest BCUT2D eigenvalue weighted by Crippen LogP contribution is -2.49. The molecular formula is C17H14F5N3O3. The number of nitrogens with two attached hydrogens (primary N) is 2. The number of alkyl halides is 4. The Morgan fingerprint density at radius 2 is 1.89 bits per heavy atom. The number of primary amides is 1. The summed E-state index contributed by atoms with van der Waals surface area (Å²) in [4.78, 5) is 15.4. The summed E-state index contributed by atoms with van der Waals surface area (Å²) in [6, 6.07) is 4.90. The fourth-order valence-electron chi connectivity index (χ4n) is 2.81. The molecule has 1 aromatic heterocycles. The van der Waals surface area contributed by atoms with Crippen LogP contribution in [0.4, 0.5) is 22.0 Å². The van der Waals surface area contributed by atoms with Crippen molar-refractivity contribution in [3.63, 3.8) is 0 Å². The number of hydrogen-bond acceptors (Lipinski definition) is 5. The summed E-state index contributed by atoms with van der Waals surface area (Å²) in [7, 11) is 0. The van der Waals surface area contributed by atoms with Crippen molar-refractivity contribution >= 4 is 5.91 Å². The number of hydrogen-bond donors (Lipinski definition) is 3. The largest absolute Gasteiger partial charge is 0.487 e. The molecule has 0 saturated carbocycles. The zero-order valence-corrected chi connectivity index (χ0v) is 14.1. The third kappa shape index (κ3) is 2.87. The van der Waals surface area contributed by atoms with Crippen molar-refractivity contribution in [1.82, 2.24) is 4.98 Å². The van der Waals surface area contributed by atoms with Crippen molar-refractivity contribution in [2.45, 2.75) is 17.4 Å². The fourth-order valence-corrected chi connectivity index (χ4v) is 2.81. The second-order valence-electron chi connectivity index (χ2n) is 6.26. The normalized spacial score (nSPS) is 21.0. The Bertz CT molecular complexity index is 935. The van der Waals surface area contributed by atoms with E-state index < -0.39 is 53.6 Å². The van der Waals surface area contributed by atoms with Crippen LogP contribution in [0, 0.1) is 5.82 Å². The number of nitrogens with zero attached hydrogens (tertiary/aromatic N) is 1. The number of pyridine rings is 1. The number of benzene rings is 1. The molecule has 1 aromatic carbocycles. The first-order valence-electron chi connectivity index (χ1n) is 7.87. The number of carbonyl (C=O) groups is 1. The molecule has 1 aliphatic rings. The average Bonchev–Trinajstić information content (AvgIpc) is 2.98. The fraction of sp³-hybridized carbons (Fsp3) is 0.294. The SMILES string of the molecule is NCC(O)(c1cc2c(c(-c3ccc(F)cc3)n1)OCC2(F)C(N)=O)C(F)(F)F. The van der Waals surface area contributed by atoms with E-state index in [2.05, 4.69) is 4.98 Å². The van der Waals surface area contributed by atoms with Gasteiger partial charge in [0.15, 0.2) is 5.75 Å². The second kappa shape index (κ2) is 6.38. The molecule has 6 nitrogen and oxygen atoms in total. The highest BCUT2D eigenvalue weighted by Gasteiger charge is 2.57. The second-order valence-corrected chi connectivity index (χ2v) is 6.26. The number of halogens is 5. The molecule has 150 valence electrons. The lowest BCUT2D eigenvalue weighted by atomic mass is 9.90. The summed E-state index contributed by atoms with van der Waals surface area (Å²) in [5, 5.41) is 10.1. The standard InChI is InChI=1S/C17H14F5N3O3/c18-9-3-1-8(2-4-9)12-13-10(15(19,7-28-13)14(24)26)5-11(25-12)16(27,6-23)17(20,21)22/h1-5,27H,6-7,23H2,(H2,24,26). The Morgan fingerprint density at radius 1 is 1.29 bits per heavy atom. The van der Waals surface area contributed by atoms with Crippen molar-refractivity contribution in [2.75, 3.05) is 13.2 Å². The zero-order chi connectivity index (χ0) is 20.9. The summed E-state index contributed by atoms with van der Waals surface area (Å²) in [6.07, 6.45) is -5.26. The van der Waals surface area contributed by atoms with Crippen LogP contribution in [0.5, 0.6) is 5.75 Å². The van der Waals surface area contributed by atoms with E-state index in [1.807, 2.05) is 0 Å². The monoisotopic (exact) mass is 403 g/mol. The Morgan fingerprint density at radius 3 is 2.39 bits per heavy atom. The third-order valence-corrected chi connectivity index (χ3v) is 4.51. The molecule has 0 aliphatic carbocycles. The van der Waals surface area contributed by atoms with Crippen molar-refractivity contribution < 1.29 is 36.6 Å². The van der Waals surface area contributed by atoms with E-state index >= 15 is 4.39 Å². The van der Waals surface area contributed by atoms with Gasteiger partial charge in [0.2, 0.25) is 5.60 Å². The Labute approximate surface area is 154 Å². The van der Waals surface area contributed by atoms with Gasteiger partial charge in [-0.3, -0.25) is 4.79 Å². The van der Waals surface area contributed by atoms with Gasteiger partial charge in [-0.1, -0.05) is 0 Å². The van der Waals surface area contributed by atoms with Gasteiger partial charge in [-0.05, 0) is 30.3 Å². The first-order chi connectivity index (χ1) is 12.9. The summed E-state index contributed by atoms with van der Waals surface area (Å²) in [5.41, 5.74) is 1.69. The maximum absolute atomic E-state index is 15.1. The Balaban J connectivity index is 2.34. The summed E-state index contributed by atoms with van der Waals surface area (Å²) in [6.45, 7) is -2.20. The van der Waals surface area contributed by atoms with Gasteiger partial charge in [0.25, 0.3) is 11.6 Å². The van der Waals surface area contributed by atoms with Crippen LogP contribution in [-0.4, -0.2) is 35.3 Å². The molecule has 3 rings (SSSR count). The zero-order valence-electron chi connectivity index (χ0n) is 14.1. The Hall–Kier alpha value is -2.79. The first kappa shape index (κ1) is 20.0. The molecule has 2 atom stereocenters. The number of rotatable bonds is 4. The summed E-state index contributed by atoms with van der Waals surface area (Å²) < 4.78 is 73.8. The van der Waals surface area contributed by atoms with Crippen LogP contribution in [0.3, 0.4) is 0 Å². The van der Waals surface area contributed by atoms with Gasteiger partial charge < -0.3 is 21.3 Å². The molecule has 1 aliphatic heterocycles. The van der Waals surface area contributed by atoms with Crippen molar-refractivity contribution in [1.29, 1.82) is 0 Å². The van der Waals surface area contributed by atoms with E-state index in [1.54, 1.807) is 0 Å². The van der Waals surface area contributed by atoms with Crippen LogP contribution in [-0.2, 0) is 16.1 Å². The minimum absolute atomic E-state index is 0.0646. The molecule has 0 bridgehead atoms. The van der Waals surface area contributed by atoms with Crippen LogP contribution in [0.2, 0.25) is 0 Å². The van der Waals surface area contributed by atoms with E-state index in [4.69, 9.17) is 16.2 Å². The van der Waals surface area contributed by atoms with Crippen LogP contribution in [0.15, 0.2) is 30.3 Å². The molecule has 5 N–H and O–H groups in total. The van der Waals surface area contributed by atoms with Crippen LogP contribution in [0.1, 0.15) is 11.3 Å². The van der Waals surface area contributed by atoms with E-state index in [0.29, 0.717) is 6.07 Å². The van der Waals surface area contributed by atoms with E-state index in [1.165, 1.54) is 12.1 Å². The summed E-state index contributed by atoms with van der Waals surface area (Å²) >= 11 is 0. The van der Waals surface area contributed by atoms with E-state index in [9.17, 15) is 27.5 Å². The average molecular weight is 403 g/mol. The highest BCUT2D eigenvalue weighted by molar-refractivity contribution is 5.88. The lowest BCUT2D eigenvalue weighted by molar-refractivity contribution is -0.263. The van der Waals surface area contributed by atoms with Gasteiger partial charge >= 0.3 is 6.18 Å².